The number of imide groups is 1. The van der Waals surface area contributed by atoms with Gasteiger partial charge in [-0.2, -0.15) is 0 Å². The van der Waals surface area contributed by atoms with Gasteiger partial charge in [0, 0.05) is 37.9 Å². The van der Waals surface area contributed by atoms with Crippen molar-refractivity contribution in [2.45, 2.75) is 63.1 Å². The van der Waals surface area contributed by atoms with Crippen LogP contribution < -0.4 is 0 Å². The third-order valence-electron chi connectivity index (χ3n) is 4.70. The van der Waals surface area contributed by atoms with Crippen molar-refractivity contribution in [1.29, 1.82) is 0 Å². The molecule has 1 N–H and O–H groups in total. The number of amides is 3. The molecule has 3 aliphatic rings. The molecule has 0 aromatic rings. The Bertz CT molecular complexity index is 420. The van der Waals surface area contributed by atoms with E-state index in [4.69, 9.17) is 0 Å². The van der Waals surface area contributed by atoms with Crippen LogP contribution in [0, 0.1) is 0 Å². The van der Waals surface area contributed by atoms with Crippen molar-refractivity contribution in [3.8, 4) is 0 Å². The Labute approximate surface area is 117 Å². The highest BCUT2D eigenvalue weighted by atomic mass is 16.3. The van der Waals surface area contributed by atoms with Crippen LogP contribution in [-0.4, -0.2) is 57.4 Å². The van der Waals surface area contributed by atoms with Crippen LogP contribution in [0.15, 0.2) is 0 Å². The predicted octanol–water partition coefficient (Wildman–Crippen LogP) is 0.0398. The van der Waals surface area contributed by atoms with Gasteiger partial charge in [0.05, 0.1) is 6.10 Å². The Kier molecular flexibility index (Phi) is 3.50. The van der Waals surface area contributed by atoms with Gasteiger partial charge >= 0.3 is 0 Å². The first-order chi connectivity index (χ1) is 9.56. The van der Waals surface area contributed by atoms with Crippen LogP contribution in [-0.2, 0) is 14.4 Å². The molecule has 0 aliphatic carbocycles. The first-order valence-corrected chi connectivity index (χ1v) is 7.38. The summed E-state index contributed by atoms with van der Waals surface area (Å²) in [6, 6.07) is 0.280. The molecule has 0 aromatic carbocycles. The number of carbonyl (C=O) groups excluding carboxylic acids is 3. The number of aliphatic hydroxyl groups is 1. The summed E-state index contributed by atoms with van der Waals surface area (Å²) < 4.78 is 0. The molecule has 3 amide bonds. The average Bonchev–Trinajstić information content (AvgIpc) is 2.86. The average molecular weight is 280 g/mol. The maximum Gasteiger partial charge on any atom is 0.229 e. The Hall–Kier alpha value is -1.43. The predicted molar refractivity (Wildman–Crippen MR) is 69.5 cm³/mol. The van der Waals surface area contributed by atoms with E-state index in [0.29, 0.717) is 12.8 Å². The van der Waals surface area contributed by atoms with Gasteiger partial charge in [-0.3, -0.25) is 19.3 Å². The number of likely N-dealkylation sites (tertiary alicyclic amines) is 1. The molecule has 6 nitrogen and oxygen atoms in total. The maximum absolute atomic E-state index is 12.3. The topological polar surface area (TPSA) is 77.9 Å². The molecular formula is C14H20N2O4. The SMILES string of the molecule is O=C1CCC(=O)N1CCC(=O)N1C2CCC1CC(O)C2. The van der Waals surface area contributed by atoms with E-state index in [1.54, 1.807) is 0 Å². The molecule has 2 bridgehead atoms. The molecule has 0 saturated carbocycles. The van der Waals surface area contributed by atoms with E-state index >= 15 is 0 Å². The Balaban J connectivity index is 1.57. The second kappa shape index (κ2) is 5.16. The third kappa shape index (κ3) is 2.32. The molecule has 3 aliphatic heterocycles. The van der Waals surface area contributed by atoms with E-state index in [-0.39, 0.29) is 61.7 Å². The van der Waals surface area contributed by atoms with Gasteiger partial charge in [0.25, 0.3) is 0 Å². The molecular weight excluding hydrogens is 260 g/mol. The van der Waals surface area contributed by atoms with Crippen LogP contribution in [0.4, 0.5) is 0 Å². The minimum Gasteiger partial charge on any atom is -0.393 e. The maximum atomic E-state index is 12.3. The molecule has 6 heteroatoms. The highest BCUT2D eigenvalue weighted by molar-refractivity contribution is 6.02. The summed E-state index contributed by atoms with van der Waals surface area (Å²) in [6.07, 6.45) is 3.68. The largest absolute Gasteiger partial charge is 0.393 e. The number of fused-ring (bicyclic) bond motifs is 2. The van der Waals surface area contributed by atoms with E-state index in [1.165, 1.54) is 4.90 Å². The Morgan fingerprint density at radius 3 is 2.20 bits per heavy atom. The summed E-state index contributed by atoms with van der Waals surface area (Å²) in [7, 11) is 0. The molecule has 3 saturated heterocycles. The summed E-state index contributed by atoms with van der Waals surface area (Å²) in [5, 5.41) is 9.73. The van der Waals surface area contributed by atoms with Gasteiger partial charge in [-0.1, -0.05) is 0 Å². The Morgan fingerprint density at radius 1 is 1.10 bits per heavy atom. The molecule has 3 rings (SSSR count). The van der Waals surface area contributed by atoms with E-state index < -0.39 is 0 Å². The third-order valence-corrected chi connectivity index (χ3v) is 4.70. The van der Waals surface area contributed by atoms with Crippen LogP contribution in [0.25, 0.3) is 0 Å². The summed E-state index contributed by atoms with van der Waals surface area (Å²) in [5.41, 5.74) is 0. The molecule has 0 aromatic heterocycles. The van der Waals surface area contributed by atoms with E-state index in [2.05, 4.69) is 0 Å². The monoisotopic (exact) mass is 280 g/mol. The van der Waals surface area contributed by atoms with E-state index in [0.717, 1.165) is 12.8 Å². The zero-order chi connectivity index (χ0) is 14.3. The molecule has 0 spiro atoms. The molecule has 0 radical (unpaired) electrons. The zero-order valence-electron chi connectivity index (χ0n) is 11.5. The summed E-state index contributed by atoms with van der Waals surface area (Å²) >= 11 is 0. The van der Waals surface area contributed by atoms with Crippen molar-refractivity contribution >= 4 is 17.7 Å². The number of carbonyl (C=O) groups is 3. The van der Waals surface area contributed by atoms with Crippen molar-refractivity contribution in [2.24, 2.45) is 0 Å². The van der Waals surface area contributed by atoms with Gasteiger partial charge in [0.15, 0.2) is 0 Å². The number of piperidine rings is 1. The smallest absolute Gasteiger partial charge is 0.229 e. The lowest BCUT2D eigenvalue weighted by Gasteiger charge is -2.37. The van der Waals surface area contributed by atoms with E-state index in [1.807, 2.05) is 4.90 Å². The van der Waals surface area contributed by atoms with Crippen LogP contribution >= 0.6 is 0 Å². The van der Waals surface area contributed by atoms with Crippen molar-refractivity contribution in [2.75, 3.05) is 6.54 Å². The first-order valence-electron chi connectivity index (χ1n) is 7.38. The van der Waals surface area contributed by atoms with Crippen molar-refractivity contribution < 1.29 is 19.5 Å². The standard InChI is InChI=1S/C14H20N2O4/c17-11-7-9-1-2-10(8-11)16(9)14(20)5-6-15-12(18)3-4-13(15)19/h9-11,17H,1-8H2. The highest BCUT2D eigenvalue weighted by Gasteiger charge is 2.42. The lowest BCUT2D eigenvalue weighted by molar-refractivity contribution is -0.141. The highest BCUT2D eigenvalue weighted by Crippen LogP contribution is 2.36. The fourth-order valence-corrected chi connectivity index (χ4v) is 3.76. The number of rotatable bonds is 3. The Morgan fingerprint density at radius 2 is 1.65 bits per heavy atom. The number of aliphatic hydroxyl groups excluding tert-OH is 1. The summed E-state index contributed by atoms with van der Waals surface area (Å²) in [6.45, 7) is 0.203. The van der Waals surface area contributed by atoms with Gasteiger partial charge in [-0.05, 0) is 25.7 Å². The second-order valence-electron chi connectivity index (χ2n) is 6.00. The van der Waals surface area contributed by atoms with Crippen molar-refractivity contribution in [3.63, 3.8) is 0 Å². The molecule has 3 fully saturated rings. The van der Waals surface area contributed by atoms with Crippen LogP contribution in [0.3, 0.4) is 0 Å². The van der Waals surface area contributed by atoms with Gasteiger partial charge in [-0.15, -0.1) is 0 Å². The number of nitrogens with zero attached hydrogens (tertiary/aromatic N) is 2. The zero-order valence-corrected chi connectivity index (χ0v) is 11.5. The first kappa shape index (κ1) is 13.5. The minimum atomic E-state index is -0.293. The quantitative estimate of drug-likeness (QED) is 0.740. The fourth-order valence-electron chi connectivity index (χ4n) is 3.76. The minimum absolute atomic E-state index is 0.0110. The van der Waals surface area contributed by atoms with Gasteiger partial charge in [0.1, 0.15) is 0 Å². The summed E-state index contributed by atoms with van der Waals surface area (Å²) in [4.78, 5) is 38.4. The molecule has 2 unspecified atom stereocenters. The van der Waals surface area contributed by atoms with Gasteiger partial charge in [0.2, 0.25) is 17.7 Å². The summed E-state index contributed by atoms with van der Waals surface area (Å²) in [5.74, 6) is -0.323. The molecule has 20 heavy (non-hydrogen) atoms. The lowest BCUT2D eigenvalue weighted by atomic mass is 9.99. The normalized spacial score (nSPS) is 33.1. The molecule has 110 valence electrons. The van der Waals surface area contributed by atoms with Crippen LogP contribution in [0.2, 0.25) is 0 Å². The van der Waals surface area contributed by atoms with Gasteiger partial charge < -0.3 is 10.0 Å². The van der Waals surface area contributed by atoms with Crippen LogP contribution in [0.1, 0.15) is 44.9 Å². The number of hydrogen-bond donors (Lipinski definition) is 1. The lowest BCUT2D eigenvalue weighted by Crippen LogP contribution is -2.48. The fraction of sp³-hybridized carbons (Fsp3) is 0.786. The molecule has 2 atom stereocenters. The second-order valence-corrected chi connectivity index (χ2v) is 6.00. The van der Waals surface area contributed by atoms with Gasteiger partial charge in [-0.25, -0.2) is 0 Å². The van der Waals surface area contributed by atoms with Crippen molar-refractivity contribution in [1.82, 2.24) is 9.80 Å². The van der Waals surface area contributed by atoms with Crippen LogP contribution in [0.5, 0.6) is 0 Å². The molecule has 3 heterocycles. The van der Waals surface area contributed by atoms with Crippen molar-refractivity contribution in [3.05, 3.63) is 0 Å². The van der Waals surface area contributed by atoms with E-state index in [9.17, 15) is 19.5 Å². The number of hydrogen-bond acceptors (Lipinski definition) is 4.